The van der Waals surface area contributed by atoms with Crippen LogP contribution < -0.4 is 5.32 Å². The Balaban J connectivity index is 1.61. The molecule has 0 aliphatic carbocycles. The molecule has 28 heteroatoms. The number of hydrogen-bond acceptors (Lipinski definition) is 18. The van der Waals surface area contributed by atoms with Crippen molar-refractivity contribution in [1.82, 2.24) is 15.0 Å². The molecule has 54 heavy (non-hydrogen) atoms. The number of nitrogens with zero attached hydrogens (tertiary/aromatic N) is 7. The highest BCUT2D eigenvalue weighted by atomic mass is 35.5. The van der Waals surface area contributed by atoms with Crippen molar-refractivity contribution in [2.45, 2.75) is 26.5 Å². The number of azo groups is 2. The van der Waals surface area contributed by atoms with E-state index in [1.54, 1.807) is 0 Å². The number of halogens is 2. The van der Waals surface area contributed by atoms with Gasteiger partial charge < -0.3 is 15.5 Å². The molecule has 284 valence electrons. The minimum atomic E-state index is -5.36. The van der Waals surface area contributed by atoms with Gasteiger partial charge in [-0.15, -0.1) is 15.3 Å². The number of aromatic hydroxyl groups is 2. The van der Waals surface area contributed by atoms with Gasteiger partial charge >= 0.3 is 0 Å². The fourth-order valence-corrected chi connectivity index (χ4v) is 7.55. The Hall–Kier alpha value is -5.03. The predicted octanol–water partition coefficient (Wildman–Crippen LogP) is 5.61. The molecule has 0 spiro atoms. The monoisotopic (exact) mass is 864 g/mol. The van der Waals surface area contributed by atoms with Crippen molar-refractivity contribution in [2.24, 2.45) is 20.5 Å². The van der Waals surface area contributed by atoms with Gasteiger partial charge in [-0.3, -0.25) is 18.2 Å². The van der Waals surface area contributed by atoms with Crippen LogP contribution >= 0.6 is 23.2 Å². The lowest BCUT2D eigenvalue weighted by Crippen LogP contribution is -2.08. The van der Waals surface area contributed by atoms with Crippen molar-refractivity contribution in [3.8, 4) is 11.5 Å². The fraction of sp³-hybridized carbons (Fsp3) is 0.0385. The number of benzene rings is 4. The van der Waals surface area contributed by atoms with Gasteiger partial charge in [0.1, 0.15) is 37.5 Å². The van der Waals surface area contributed by atoms with Gasteiger partial charge in [0.2, 0.25) is 16.5 Å². The van der Waals surface area contributed by atoms with Gasteiger partial charge in [-0.25, -0.2) is 0 Å². The summed E-state index contributed by atoms with van der Waals surface area (Å²) in [4.78, 5) is 7.03. The first-order chi connectivity index (χ1) is 24.8. The molecule has 0 saturated carbocycles. The molecule has 22 nitrogen and oxygen atoms in total. The van der Waals surface area contributed by atoms with Crippen LogP contribution in [0.2, 0.25) is 10.6 Å². The van der Waals surface area contributed by atoms with Crippen molar-refractivity contribution in [2.75, 3.05) is 5.32 Å². The van der Waals surface area contributed by atoms with Crippen LogP contribution in [0.5, 0.6) is 11.5 Å². The van der Waals surface area contributed by atoms with Gasteiger partial charge in [-0.2, -0.15) is 53.7 Å². The summed E-state index contributed by atoms with van der Waals surface area (Å²) < 4.78 is 136. The van der Waals surface area contributed by atoms with Gasteiger partial charge in [0.15, 0.2) is 5.75 Å². The second-order valence-corrected chi connectivity index (χ2v) is 16.7. The minimum Gasteiger partial charge on any atom is -0.506 e. The molecule has 0 aliphatic heterocycles. The maximum atomic E-state index is 12.6. The molecule has 4 aromatic carbocycles. The third kappa shape index (κ3) is 8.67. The summed E-state index contributed by atoms with van der Waals surface area (Å²) >= 11 is 11.5. The zero-order chi connectivity index (χ0) is 40.1. The summed E-state index contributed by atoms with van der Waals surface area (Å²) in [6.45, 7) is 1.36. The number of phenols is 2. The minimum absolute atomic E-state index is 0.112. The molecule has 5 rings (SSSR count). The average Bonchev–Trinajstić information content (AvgIpc) is 3.02. The topological polar surface area (TPSA) is 358 Å². The van der Waals surface area contributed by atoms with Crippen molar-refractivity contribution >= 4 is 109 Å². The van der Waals surface area contributed by atoms with Gasteiger partial charge in [-0.05, 0) is 78.2 Å². The molecule has 0 radical (unpaired) electrons. The molecule has 0 saturated heterocycles. The van der Waals surface area contributed by atoms with E-state index in [1.807, 2.05) is 0 Å². The number of aromatic nitrogens is 3. The molecular formula is C26H18Cl2N8O14S4. The normalized spacial score (nSPS) is 12.9. The molecule has 7 N–H and O–H groups in total. The molecule has 0 unspecified atom stereocenters. The lowest BCUT2D eigenvalue weighted by Gasteiger charge is -2.15. The number of nitrogens with one attached hydrogen (secondary N) is 1. The number of hydrogen-bond donors (Lipinski definition) is 7. The second kappa shape index (κ2) is 14.3. The summed E-state index contributed by atoms with van der Waals surface area (Å²) in [5.41, 5.74) is -2.66. The Labute approximate surface area is 312 Å². The smallest absolute Gasteiger partial charge is 0.297 e. The van der Waals surface area contributed by atoms with Crippen molar-refractivity contribution in [1.29, 1.82) is 0 Å². The number of fused-ring (bicyclic) bond motifs is 1. The van der Waals surface area contributed by atoms with Crippen LogP contribution in [0.25, 0.3) is 10.8 Å². The van der Waals surface area contributed by atoms with Gasteiger partial charge in [0, 0.05) is 16.8 Å². The zero-order valence-electron chi connectivity index (χ0n) is 26.1. The fourth-order valence-electron chi connectivity index (χ4n) is 4.59. The van der Waals surface area contributed by atoms with E-state index in [0.717, 1.165) is 24.3 Å². The number of anilines is 2. The number of rotatable bonds is 10. The predicted molar refractivity (Wildman–Crippen MR) is 186 cm³/mol. The third-order valence-corrected chi connectivity index (χ3v) is 10.8. The zero-order valence-corrected chi connectivity index (χ0v) is 30.9. The Morgan fingerprint density at radius 1 is 0.611 bits per heavy atom. The maximum Gasteiger partial charge on any atom is 0.297 e. The average molecular weight is 866 g/mol. The van der Waals surface area contributed by atoms with Gasteiger partial charge in [0.25, 0.3) is 40.5 Å². The standard InChI is InChI=1S/C26H18Cl2N8O14S4/c1-10-6-16(18(37)9-15(10)33-35-17-7-11(51(39,40)41)2-5-19(17)52(42,43)44)34-36-21-20(53(45,46)47)8-13-12(22(21)38)3-4-14(23(13)54(48,49)50)29-26-31-24(27)30-25(28)32-26/h2-9,37-38H,1H3,(H,39,40,41)(H,42,43,44)(H,45,46,47)(H,48,49,50)(H,29,30,31,32). The lowest BCUT2D eigenvalue weighted by molar-refractivity contribution is 0.470. The Morgan fingerprint density at radius 2 is 1.20 bits per heavy atom. The van der Waals surface area contributed by atoms with Crippen LogP contribution in [0.4, 0.5) is 34.4 Å². The van der Waals surface area contributed by atoms with E-state index in [2.05, 4.69) is 40.7 Å². The Kier molecular flexibility index (Phi) is 10.6. The highest BCUT2D eigenvalue weighted by Crippen LogP contribution is 2.46. The molecular weight excluding hydrogens is 848 g/mol. The summed E-state index contributed by atoms with van der Waals surface area (Å²) in [5.74, 6) is -2.22. The largest absolute Gasteiger partial charge is 0.506 e. The van der Waals surface area contributed by atoms with E-state index >= 15 is 0 Å². The Morgan fingerprint density at radius 3 is 1.78 bits per heavy atom. The van der Waals surface area contributed by atoms with E-state index in [4.69, 9.17) is 23.2 Å². The maximum absolute atomic E-state index is 12.6. The number of aryl methyl sites for hydroxylation is 1. The molecule has 0 amide bonds. The molecule has 0 aliphatic rings. The van der Waals surface area contributed by atoms with Crippen LogP contribution in [0.15, 0.2) is 88.6 Å². The molecule has 0 fully saturated rings. The highest BCUT2D eigenvalue weighted by molar-refractivity contribution is 7.87. The first-order valence-corrected chi connectivity index (χ1v) is 20.2. The quantitative estimate of drug-likeness (QED) is 0.0662. The molecule has 5 aromatic rings. The SMILES string of the molecule is Cc1cc(N=Nc2c(S(=O)(=O)O)cc3c(S(=O)(=O)O)c(Nc4nc(Cl)nc(Cl)n4)ccc3c2O)c(O)cc1N=Nc1cc(S(=O)(=O)O)ccc1S(=O)(=O)O. The first kappa shape index (κ1) is 40.2. The van der Waals surface area contributed by atoms with E-state index in [1.165, 1.54) is 6.92 Å². The van der Waals surface area contributed by atoms with Crippen LogP contribution in [0.3, 0.4) is 0 Å². The summed E-state index contributed by atoms with van der Waals surface area (Å²) in [6, 6.07) is 6.52. The first-order valence-electron chi connectivity index (χ1n) is 13.7. The number of phenolic OH excluding ortho intramolecular Hbond substituents is 2. The molecule has 1 heterocycles. The molecule has 0 atom stereocenters. The lowest BCUT2D eigenvalue weighted by atomic mass is 10.1. The molecule has 1 aromatic heterocycles. The van der Waals surface area contributed by atoms with E-state index in [-0.39, 0.29) is 11.3 Å². The van der Waals surface area contributed by atoms with Crippen LogP contribution in [0, 0.1) is 6.92 Å². The molecule has 0 bridgehead atoms. The third-order valence-electron chi connectivity index (χ3n) is 6.87. The summed E-state index contributed by atoms with van der Waals surface area (Å²) in [7, 11) is -20.4. The van der Waals surface area contributed by atoms with E-state index in [9.17, 15) is 62.1 Å². The van der Waals surface area contributed by atoms with Crippen LogP contribution in [-0.2, 0) is 40.5 Å². The van der Waals surface area contributed by atoms with Crippen molar-refractivity contribution in [3.05, 3.63) is 64.7 Å². The van der Waals surface area contributed by atoms with Crippen molar-refractivity contribution in [3.63, 3.8) is 0 Å². The second-order valence-electron chi connectivity index (χ2n) is 10.5. The van der Waals surface area contributed by atoms with Gasteiger partial charge in [0.05, 0.1) is 16.3 Å². The summed E-state index contributed by atoms with van der Waals surface area (Å²) in [6.07, 6.45) is 0. The Bertz CT molecular complexity index is 2910. The van der Waals surface area contributed by atoms with Crippen molar-refractivity contribution < 1.29 is 62.1 Å². The van der Waals surface area contributed by atoms with Crippen LogP contribution in [0.1, 0.15) is 5.56 Å². The van der Waals surface area contributed by atoms with E-state index in [0.29, 0.717) is 24.3 Å². The summed E-state index contributed by atoms with van der Waals surface area (Å²) in [5, 5.41) is 37.0. The van der Waals surface area contributed by atoms with Gasteiger partial charge in [-0.1, -0.05) is 0 Å². The van der Waals surface area contributed by atoms with Crippen LogP contribution in [-0.4, -0.2) is 77.0 Å². The van der Waals surface area contributed by atoms with E-state index < -0.39 is 122 Å². The highest BCUT2D eigenvalue weighted by Gasteiger charge is 2.28.